The van der Waals surface area contributed by atoms with E-state index in [9.17, 15) is 4.79 Å². The van der Waals surface area contributed by atoms with E-state index in [1.807, 2.05) is 4.90 Å². The molecule has 2 rings (SSSR count). The number of aryl methyl sites for hydroxylation is 1. The first kappa shape index (κ1) is 15.0. The summed E-state index contributed by atoms with van der Waals surface area (Å²) < 4.78 is 0. The predicted octanol–water partition coefficient (Wildman–Crippen LogP) is 3.18. The zero-order chi connectivity index (χ0) is 14.5. The van der Waals surface area contributed by atoms with E-state index in [4.69, 9.17) is 5.73 Å². The topological polar surface area (TPSA) is 46.3 Å². The molecule has 0 aromatic heterocycles. The van der Waals surface area contributed by atoms with Crippen LogP contribution in [0.2, 0.25) is 0 Å². The lowest BCUT2D eigenvalue weighted by molar-refractivity contribution is -0.132. The fourth-order valence-electron chi connectivity index (χ4n) is 3.16. The van der Waals surface area contributed by atoms with Crippen molar-refractivity contribution in [1.82, 2.24) is 4.90 Å². The molecule has 110 valence electrons. The number of hydrogen-bond acceptors (Lipinski definition) is 2. The van der Waals surface area contributed by atoms with Crippen LogP contribution in [-0.2, 0) is 4.79 Å². The molecule has 2 atom stereocenters. The molecule has 0 spiro atoms. The molecular formula is C17H26N2O. The van der Waals surface area contributed by atoms with Crippen molar-refractivity contribution < 1.29 is 4.79 Å². The molecule has 1 aliphatic heterocycles. The van der Waals surface area contributed by atoms with Gasteiger partial charge < -0.3 is 10.6 Å². The molecule has 1 heterocycles. The van der Waals surface area contributed by atoms with Crippen LogP contribution in [-0.4, -0.2) is 23.4 Å². The quantitative estimate of drug-likeness (QED) is 0.896. The summed E-state index contributed by atoms with van der Waals surface area (Å²) in [5.41, 5.74) is 8.59. The van der Waals surface area contributed by atoms with Gasteiger partial charge in [0.25, 0.3) is 0 Å². The summed E-state index contributed by atoms with van der Waals surface area (Å²) in [7, 11) is 0. The Morgan fingerprint density at radius 2 is 2.20 bits per heavy atom. The average Bonchev–Trinajstić information content (AvgIpc) is 2.88. The third kappa shape index (κ3) is 3.40. The maximum Gasteiger partial charge on any atom is 0.224 e. The molecular weight excluding hydrogens is 248 g/mol. The van der Waals surface area contributed by atoms with Crippen molar-refractivity contribution >= 4 is 5.91 Å². The van der Waals surface area contributed by atoms with Gasteiger partial charge in [0.1, 0.15) is 0 Å². The van der Waals surface area contributed by atoms with Crippen LogP contribution in [0.1, 0.15) is 56.2 Å². The van der Waals surface area contributed by atoms with Crippen molar-refractivity contribution in [2.45, 2.75) is 58.0 Å². The van der Waals surface area contributed by atoms with E-state index in [0.29, 0.717) is 6.42 Å². The lowest BCUT2D eigenvalue weighted by Gasteiger charge is -2.27. The number of hydrogen-bond donors (Lipinski definition) is 1. The zero-order valence-corrected chi connectivity index (χ0v) is 12.6. The lowest BCUT2D eigenvalue weighted by atomic mass is 9.99. The van der Waals surface area contributed by atoms with E-state index in [1.54, 1.807) is 0 Å². The van der Waals surface area contributed by atoms with Crippen molar-refractivity contribution in [2.24, 2.45) is 5.73 Å². The molecule has 0 aliphatic carbocycles. The second-order valence-corrected chi connectivity index (χ2v) is 5.85. The first-order valence-corrected chi connectivity index (χ1v) is 7.74. The second-order valence-electron chi connectivity index (χ2n) is 5.85. The number of rotatable bonds is 5. The van der Waals surface area contributed by atoms with Crippen molar-refractivity contribution in [3.05, 3.63) is 35.4 Å². The molecule has 0 radical (unpaired) electrons. The van der Waals surface area contributed by atoms with Crippen LogP contribution in [0.4, 0.5) is 0 Å². The second kappa shape index (κ2) is 6.89. The molecule has 1 fully saturated rings. The summed E-state index contributed by atoms with van der Waals surface area (Å²) in [6.07, 6.45) is 4.61. The van der Waals surface area contributed by atoms with Gasteiger partial charge in [-0.25, -0.2) is 0 Å². The Morgan fingerprint density at radius 3 is 2.90 bits per heavy atom. The fraction of sp³-hybridized carbons (Fsp3) is 0.588. The summed E-state index contributed by atoms with van der Waals surface area (Å²) in [5.74, 6) is 0.219. The first-order chi connectivity index (χ1) is 9.63. The molecule has 1 aromatic carbocycles. The zero-order valence-electron chi connectivity index (χ0n) is 12.6. The minimum absolute atomic E-state index is 0.00520. The number of likely N-dealkylation sites (tertiary alicyclic amines) is 1. The van der Waals surface area contributed by atoms with Gasteiger partial charge in [-0.3, -0.25) is 4.79 Å². The molecule has 0 saturated carbocycles. The van der Waals surface area contributed by atoms with Crippen LogP contribution in [0, 0.1) is 6.92 Å². The third-order valence-corrected chi connectivity index (χ3v) is 4.22. The van der Waals surface area contributed by atoms with Gasteiger partial charge in [0.15, 0.2) is 0 Å². The molecule has 1 amide bonds. The van der Waals surface area contributed by atoms with Gasteiger partial charge in [-0.15, -0.1) is 0 Å². The minimum Gasteiger partial charge on any atom is -0.336 e. The SMILES string of the molecule is CCCC(N)CC(=O)N1CCCC1c1ccccc1C. The Morgan fingerprint density at radius 1 is 1.45 bits per heavy atom. The Balaban J connectivity index is 2.07. The Hall–Kier alpha value is -1.35. The van der Waals surface area contributed by atoms with Crippen LogP contribution >= 0.6 is 0 Å². The molecule has 3 heteroatoms. The van der Waals surface area contributed by atoms with Crippen LogP contribution in [0.15, 0.2) is 24.3 Å². The number of nitrogens with two attached hydrogens (primary N) is 1. The van der Waals surface area contributed by atoms with E-state index in [0.717, 1.165) is 32.2 Å². The van der Waals surface area contributed by atoms with Crippen LogP contribution in [0.5, 0.6) is 0 Å². The molecule has 2 N–H and O–H groups in total. The number of nitrogens with zero attached hydrogens (tertiary/aromatic N) is 1. The van der Waals surface area contributed by atoms with Crippen LogP contribution in [0.3, 0.4) is 0 Å². The maximum atomic E-state index is 12.5. The molecule has 0 bridgehead atoms. The average molecular weight is 274 g/mol. The Kier molecular flexibility index (Phi) is 5.18. The van der Waals surface area contributed by atoms with Crippen molar-refractivity contribution in [3.63, 3.8) is 0 Å². The highest BCUT2D eigenvalue weighted by Crippen LogP contribution is 2.34. The number of amides is 1. The third-order valence-electron chi connectivity index (χ3n) is 4.22. The van der Waals surface area contributed by atoms with Gasteiger partial charge in [0.2, 0.25) is 5.91 Å². The summed E-state index contributed by atoms with van der Waals surface area (Å²) >= 11 is 0. The molecule has 3 nitrogen and oxygen atoms in total. The summed E-state index contributed by atoms with van der Waals surface area (Å²) in [6.45, 7) is 5.10. The standard InChI is InChI=1S/C17H26N2O/c1-3-7-14(18)12-17(20)19-11-6-10-16(19)15-9-5-4-8-13(15)2/h4-5,8-9,14,16H,3,6-7,10-12,18H2,1-2H3. The van der Waals surface area contributed by atoms with Gasteiger partial charge in [-0.05, 0) is 37.3 Å². The first-order valence-electron chi connectivity index (χ1n) is 7.74. The van der Waals surface area contributed by atoms with E-state index >= 15 is 0 Å². The van der Waals surface area contributed by atoms with Crippen LogP contribution in [0.25, 0.3) is 0 Å². The highest BCUT2D eigenvalue weighted by atomic mass is 16.2. The number of benzene rings is 1. The van der Waals surface area contributed by atoms with Gasteiger partial charge in [0, 0.05) is 19.0 Å². The molecule has 20 heavy (non-hydrogen) atoms. The number of carbonyl (C=O) groups is 1. The summed E-state index contributed by atoms with van der Waals surface area (Å²) in [5, 5.41) is 0. The smallest absolute Gasteiger partial charge is 0.224 e. The van der Waals surface area contributed by atoms with Gasteiger partial charge in [-0.2, -0.15) is 0 Å². The highest BCUT2D eigenvalue weighted by Gasteiger charge is 2.30. The maximum absolute atomic E-state index is 12.5. The van der Waals surface area contributed by atoms with Crippen molar-refractivity contribution in [1.29, 1.82) is 0 Å². The van der Waals surface area contributed by atoms with E-state index in [-0.39, 0.29) is 18.0 Å². The molecule has 1 saturated heterocycles. The highest BCUT2D eigenvalue weighted by molar-refractivity contribution is 5.77. The normalized spacial score (nSPS) is 20.1. The minimum atomic E-state index is 0.00520. The van der Waals surface area contributed by atoms with Crippen molar-refractivity contribution in [2.75, 3.05) is 6.54 Å². The summed E-state index contributed by atoms with van der Waals surface area (Å²) in [6, 6.07) is 8.64. The van der Waals surface area contributed by atoms with Gasteiger partial charge in [-0.1, -0.05) is 37.6 Å². The Bertz CT molecular complexity index is 458. The molecule has 2 unspecified atom stereocenters. The monoisotopic (exact) mass is 274 g/mol. The van der Waals surface area contributed by atoms with E-state index < -0.39 is 0 Å². The fourth-order valence-corrected chi connectivity index (χ4v) is 3.16. The van der Waals surface area contributed by atoms with Crippen LogP contribution < -0.4 is 5.73 Å². The molecule has 1 aromatic rings. The van der Waals surface area contributed by atoms with Gasteiger partial charge in [0.05, 0.1) is 6.04 Å². The van der Waals surface area contributed by atoms with E-state index in [1.165, 1.54) is 11.1 Å². The van der Waals surface area contributed by atoms with Gasteiger partial charge >= 0.3 is 0 Å². The lowest BCUT2D eigenvalue weighted by Crippen LogP contribution is -2.35. The van der Waals surface area contributed by atoms with E-state index in [2.05, 4.69) is 38.1 Å². The largest absolute Gasteiger partial charge is 0.336 e. The molecule has 1 aliphatic rings. The Labute approximate surface area is 122 Å². The van der Waals surface area contributed by atoms with Crippen molar-refractivity contribution in [3.8, 4) is 0 Å². The number of carbonyl (C=O) groups excluding carboxylic acids is 1. The summed E-state index contributed by atoms with van der Waals surface area (Å²) in [4.78, 5) is 14.5. The predicted molar refractivity (Wildman–Crippen MR) is 82.4 cm³/mol.